The molecule has 7 heterocycles. The molecule has 7 aromatic heterocycles. The van der Waals surface area contributed by atoms with Gasteiger partial charge in [0.25, 0.3) is 0 Å². The summed E-state index contributed by atoms with van der Waals surface area (Å²) in [6.45, 7) is 0. The van der Waals surface area contributed by atoms with Gasteiger partial charge in [0, 0.05) is 87.0 Å². The maximum atomic E-state index is 6.30. The van der Waals surface area contributed by atoms with Gasteiger partial charge >= 0.3 is 0 Å². The highest BCUT2D eigenvalue weighted by Gasteiger charge is 2.23. The number of benzene rings is 15. The summed E-state index contributed by atoms with van der Waals surface area (Å²) in [5.41, 5.74) is 23.3. The van der Waals surface area contributed by atoms with Crippen LogP contribution in [0.1, 0.15) is 0 Å². The minimum atomic E-state index is 0.586. The van der Waals surface area contributed by atoms with Gasteiger partial charge in [-0.1, -0.05) is 182 Å². The number of hydrogen-bond acceptors (Lipinski definition) is 5. The Balaban J connectivity index is 0.731. The molecule has 8 heteroatoms. The van der Waals surface area contributed by atoms with Crippen molar-refractivity contribution in [2.45, 2.75) is 0 Å². The summed E-state index contributed by atoms with van der Waals surface area (Å²) >= 11 is 0. The van der Waals surface area contributed by atoms with E-state index in [0.29, 0.717) is 5.95 Å². The van der Waals surface area contributed by atoms with Gasteiger partial charge in [0.15, 0.2) is 0 Å². The number of aromatic nitrogens is 5. The molecule has 0 spiro atoms. The first kappa shape index (κ1) is 53.1. The van der Waals surface area contributed by atoms with Crippen LogP contribution >= 0.6 is 0 Å². The molecule has 0 aliphatic heterocycles. The van der Waals surface area contributed by atoms with E-state index in [1.54, 1.807) is 0 Å². The number of nitrogens with zero attached hydrogens (tertiary/aromatic N) is 5. The van der Waals surface area contributed by atoms with Crippen LogP contribution in [0.3, 0.4) is 0 Å². The van der Waals surface area contributed by atoms with E-state index in [0.717, 1.165) is 187 Å². The second-order valence-corrected chi connectivity index (χ2v) is 26.0. The van der Waals surface area contributed by atoms with Crippen molar-refractivity contribution in [1.29, 1.82) is 0 Å². The molecule has 0 saturated heterocycles. The topological polar surface area (TPSA) is 80.0 Å². The predicted molar refractivity (Wildman–Crippen MR) is 404 cm³/mol. The van der Waals surface area contributed by atoms with E-state index < -0.39 is 0 Å². The van der Waals surface area contributed by atoms with Crippen molar-refractivity contribution < 1.29 is 13.3 Å². The maximum Gasteiger partial charge on any atom is 0.235 e. The van der Waals surface area contributed by atoms with Gasteiger partial charge in [0.05, 0.1) is 44.3 Å². The zero-order valence-corrected chi connectivity index (χ0v) is 52.4. The molecule has 0 aliphatic rings. The van der Waals surface area contributed by atoms with Gasteiger partial charge < -0.3 is 22.4 Å². The van der Waals surface area contributed by atoms with Crippen molar-refractivity contribution in [2.75, 3.05) is 0 Å². The number of furan rings is 3. The molecule has 0 atom stereocenters. The van der Waals surface area contributed by atoms with Gasteiger partial charge in [0.1, 0.15) is 33.5 Å². The molecule has 454 valence electrons. The van der Waals surface area contributed by atoms with Crippen molar-refractivity contribution >= 4 is 153 Å². The van der Waals surface area contributed by atoms with Crippen LogP contribution in [0.25, 0.3) is 215 Å². The average molecular weight is 1250 g/mol. The van der Waals surface area contributed by atoms with Crippen LogP contribution in [0, 0.1) is 0 Å². The molecule has 98 heavy (non-hydrogen) atoms. The van der Waals surface area contributed by atoms with E-state index >= 15 is 0 Å². The Morgan fingerprint density at radius 2 is 0.551 bits per heavy atom. The lowest BCUT2D eigenvalue weighted by Crippen LogP contribution is -2.04. The molecule has 0 fully saturated rings. The van der Waals surface area contributed by atoms with Crippen molar-refractivity contribution in [1.82, 2.24) is 23.7 Å². The summed E-state index contributed by atoms with van der Waals surface area (Å²) in [6, 6.07) is 111. The molecule has 0 N–H and O–H groups in total. The molecule has 0 amide bonds. The smallest absolute Gasteiger partial charge is 0.235 e. The Morgan fingerprint density at radius 1 is 0.204 bits per heavy atom. The molecule has 0 saturated carbocycles. The first-order valence-corrected chi connectivity index (χ1v) is 33.2. The minimum absolute atomic E-state index is 0.586. The Morgan fingerprint density at radius 3 is 1.04 bits per heavy atom. The fourth-order valence-electron chi connectivity index (χ4n) is 16.0. The fourth-order valence-corrected chi connectivity index (χ4v) is 16.0. The summed E-state index contributed by atoms with van der Waals surface area (Å²) in [5, 5.41) is 16.8. The third-order valence-corrected chi connectivity index (χ3v) is 20.6. The molecule has 0 aliphatic carbocycles. The Labute approximate surface area is 557 Å². The van der Waals surface area contributed by atoms with E-state index in [1.807, 2.05) is 36.4 Å². The van der Waals surface area contributed by atoms with Gasteiger partial charge in [-0.15, -0.1) is 0 Å². The van der Waals surface area contributed by atoms with Crippen LogP contribution in [0.5, 0.6) is 0 Å². The van der Waals surface area contributed by atoms with Crippen LogP contribution in [0.15, 0.2) is 323 Å². The van der Waals surface area contributed by atoms with Gasteiger partial charge in [-0.25, -0.2) is 9.97 Å². The van der Waals surface area contributed by atoms with Crippen molar-refractivity contribution in [2.24, 2.45) is 0 Å². The monoisotopic (exact) mass is 1250 g/mol. The summed E-state index contributed by atoms with van der Waals surface area (Å²) < 4.78 is 25.9. The second kappa shape index (κ2) is 20.1. The minimum Gasteiger partial charge on any atom is -0.456 e. The molecular weight excluding hydrogens is 1200 g/mol. The number of para-hydroxylation sites is 6. The molecule has 0 bridgehead atoms. The van der Waals surface area contributed by atoms with E-state index in [2.05, 4.69) is 287 Å². The highest BCUT2D eigenvalue weighted by atomic mass is 16.3. The normalized spacial score (nSPS) is 12.3. The Bertz CT molecular complexity index is 7210. The van der Waals surface area contributed by atoms with Gasteiger partial charge in [-0.05, 0) is 172 Å². The number of hydrogen-bond donors (Lipinski definition) is 0. The largest absolute Gasteiger partial charge is 0.456 e. The Kier molecular flexibility index (Phi) is 10.9. The standard InChI is InChI=1S/C90H51N5O3/c1-7-19-77-63(13-1)66-36-28-57(54-31-40-86-72(45-54)69-16-4-10-22-83(69)96-86)48-80(66)93(77)61-34-27-52-43-60(26-25-53(52)44-61)89-75-51-62(94-78-20-8-2-14-64(78)67-37-29-58(49-81(67)94)55-32-41-87-73(46-55)70-17-5-11-23-84(70)97-87)35-39-76(75)91-90(92-89)95-79-21-9-3-15-65(79)68-38-30-59(50-82(68)95)56-33-42-88-74(47-56)71-18-6-12-24-85(71)98-88/h1-51H. The predicted octanol–water partition coefficient (Wildman–Crippen LogP) is 24.4. The van der Waals surface area contributed by atoms with Crippen LogP contribution in [-0.2, 0) is 0 Å². The lowest BCUT2D eigenvalue weighted by molar-refractivity contribution is 0.668. The molecule has 0 radical (unpaired) electrons. The molecular formula is C90H51N5O3. The van der Waals surface area contributed by atoms with Crippen LogP contribution in [-0.4, -0.2) is 23.7 Å². The highest BCUT2D eigenvalue weighted by Crippen LogP contribution is 2.44. The zero-order chi connectivity index (χ0) is 63.8. The number of rotatable bonds is 7. The zero-order valence-electron chi connectivity index (χ0n) is 52.4. The van der Waals surface area contributed by atoms with Crippen LogP contribution < -0.4 is 0 Å². The third-order valence-electron chi connectivity index (χ3n) is 20.6. The average Bonchev–Trinajstić information content (AvgIpc) is 1.54. The highest BCUT2D eigenvalue weighted by molar-refractivity contribution is 6.15. The van der Waals surface area contributed by atoms with Crippen molar-refractivity contribution in [3.05, 3.63) is 309 Å². The summed E-state index contributed by atoms with van der Waals surface area (Å²) in [7, 11) is 0. The fraction of sp³-hybridized carbons (Fsp3) is 0. The van der Waals surface area contributed by atoms with E-state index in [4.69, 9.17) is 23.2 Å². The second-order valence-electron chi connectivity index (χ2n) is 26.0. The van der Waals surface area contributed by atoms with Crippen molar-refractivity contribution in [3.63, 3.8) is 0 Å². The van der Waals surface area contributed by atoms with Crippen LogP contribution in [0.4, 0.5) is 0 Å². The molecule has 8 nitrogen and oxygen atoms in total. The van der Waals surface area contributed by atoms with Gasteiger partial charge in [-0.2, -0.15) is 0 Å². The molecule has 22 rings (SSSR count). The van der Waals surface area contributed by atoms with Crippen molar-refractivity contribution in [3.8, 4) is 62.0 Å². The first-order chi connectivity index (χ1) is 48.5. The molecule has 22 aromatic rings. The van der Waals surface area contributed by atoms with Crippen LogP contribution in [0.2, 0.25) is 0 Å². The first-order valence-electron chi connectivity index (χ1n) is 33.2. The molecule has 15 aromatic carbocycles. The van der Waals surface area contributed by atoms with E-state index in [-0.39, 0.29) is 0 Å². The lowest BCUT2D eigenvalue weighted by atomic mass is 10.0. The van der Waals surface area contributed by atoms with Gasteiger partial charge in [0.2, 0.25) is 5.95 Å². The third kappa shape index (κ3) is 7.82. The summed E-state index contributed by atoms with van der Waals surface area (Å²) in [6.07, 6.45) is 0. The summed E-state index contributed by atoms with van der Waals surface area (Å²) in [4.78, 5) is 11.5. The lowest BCUT2D eigenvalue weighted by Gasteiger charge is -2.15. The number of fused-ring (bicyclic) bond motifs is 20. The van der Waals surface area contributed by atoms with E-state index in [9.17, 15) is 0 Å². The van der Waals surface area contributed by atoms with Gasteiger partial charge in [-0.3, -0.25) is 4.57 Å². The Hall–Kier alpha value is -13.3. The molecule has 0 unspecified atom stereocenters. The summed E-state index contributed by atoms with van der Waals surface area (Å²) in [5.74, 6) is 0.586. The maximum absolute atomic E-state index is 6.30. The SMILES string of the molecule is c1ccc2c(c1)oc1ccc(-c3ccc4c5ccccc5n(-c5ccc6cc(-c7nc(-n8c9ccccc9c9ccc(-c%10ccc%11oc%12ccccc%12c%11c%10)cc98)nc8ccc(-n9c%10ccccc%10c%10ccc(-c%11ccc%12oc%13ccccc%13c%12c%11)cc%109)cc78)ccc6c5)c4c3)cc12. The quantitative estimate of drug-likeness (QED) is 0.159. The van der Waals surface area contributed by atoms with E-state index in [1.165, 1.54) is 21.5 Å².